The van der Waals surface area contributed by atoms with Crippen molar-refractivity contribution in [3.8, 4) is 0 Å². The zero-order valence-electron chi connectivity index (χ0n) is 12.4. The molecule has 1 atom stereocenters. The van der Waals surface area contributed by atoms with E-state index in [4.69, 9.17) is 4.74 Å². The van der Waals surface area contributed by atoms with Crippen LogP contribution in [0.3, 0.4) is 0 Å². The third-order valence-corrected chi connectivity index (χ3v) is 3.75. The topological polar surface area (TPSA) is 25.4 Å². The van der Waals surface area contributed by atoms with Gasteiger partial charge in [-0.25, -0.2) is 4.39 Å². The smallest absolute Gasteiger partial charge is 0.123 e. The number of hydrogen-bond donors (Lipinski definition) is 0. The average Bonchev–Trinajstić information content (AvgIpc) is 2.58. The number of ether oxygens (including phenoxy) is 1. The molecular weight excluding hydrogens is 279 g/mol. The monoisotopic (exact) mass is 298 g/mol. The van der Waals surface area contributed by atoms with Crippen LogP contribution in [0.1, 0.15) is 17.2 Å². The molecule has 2 aromatic rings. The second kappa shape index (κ2) is 7.29. The van der Waals surface area contributed by atoms with E-state index < -0.39 is 0 Å². The van der Waals surface area contributed by atoms with Crippen LogP contribution in [0.5, 0.6) is 0 Å². The zero-order valence-corrected chi connectivity index (χ0v) is 12.4. The highest BCUT2D eigenvalue weighted by atomic mass is 19.1. The number of morpholine rings is 1. The molecule has 0 radical (unpaired) electrons. The second-order valence-electron chi connectivity index (χ2n) is 5.36. The number of pyridine rings is 1. The Hall–Kier alpha value is -2.04. The molecule has 0 bridgehead atoms. The molecule has 3 nitrogen and oxygen atoms in total. The van der Waals surface area contributed by atoms with Crippen LogP contribution < -0.4 is 0 Å². The van der Waals surface area contributed by atoms with Crippen molar-refractivity contribution in [2.24, 2.45) is 0 Å². The Balaban J connectivity index is 1.55. The van der Waals surface area contributed by atoms with Gasteiger partial charge in [0.15, 0.2) is 0 Å². The molecule has 114 valence electrons. The number of nitrogens with zero attached hydrogens (tertiary/aromatic N) is 2. The summed E-state index contributed by atoms with van der Waals surface area (Å²) in [5.74, 6) is -0.204. The van der Waals surface area contributed by atoms with E-state index in [0.717, 1.165) is 37.4 Å². The van der Waals surface area contributed by atoms with Gasteiger partial charge in [0.25, 0.3) is 0 Å². The Labute approximate surface area is 130 Å². The second-order valence-corrected chi connectivity index (χ2v) is 5.36. The van der Waals surface area contributed by atoms with Gasteiger partial charge in [-0.05, 0) is 23.8 Å². The lowest BCUT2D eigenvalue weighted by atomic mass is 10.1. The standard InChI is InChI=1S/C18H19FN2O/c19-17-7-5-15(6-8-17)3-2-10-21-11-12-22-18(14-21)16-4-1-9-20-13-16/h1-9,13,18H,10-12,14H2/b3-2+. The maximum Gasteiger partial charge on any atom is 0.123 e. The summed E-state index contributed by atoms with van der Waals surface area (Å²) < 4.78 is 18.7. The number of rotatable bonds is 4. The molecule has 0 aliphatic carbocycles. The van der Waals surface area contributed by atoms with Gasteiger partial charge >= 0.3 is 0 Å². The van der Waals surface area contributed by atoms with Gasteiger partial charge in [0, 0.05) is 37.6 Å². The molecule has 22 heavy (non-hydrogen) atoms. The van der Waals surface area contributed by atoms with Gasteiger partial charge in [0.2, 0.25) is 0 Å². The molecule has 4 heteroatoms. The van der Waals surface area contributed by atoms with Crippen molar-refractivity contribution in [2.45, 2.75) is 6.10 Å². The summed E-state index contributed by atoms with van der Waals surface area (Å²) in [4.78, 5) is 6.50. The van der Waals surface area contributed by atoms with E-state index in [9.17, 15) is 4.39 Å². The van der Waals surface area contributed by atoms with Gasteiger partial charge in [-0.3, -0.25) is 9.88 Å². The number of benzene rings is 1. The van der Waals surface area contributed by atoms with E-state index in [0.29, 0.717) is 0 Å². The van der Waals surface area contributed by atoms with Crippen LogP contribution in [0.15, 0.2) is 54.9 Å². The van der Waals surface area contributed by atoms with E-state index in [1.807, 2.05) is 18.3 Å². The number of hydrogen-bond acceptors (Lipinski definition) is 3. The summed E-state index contributed by atoms with van der Waals surface area (Å²) in [6, 6.07) is 10.5. The summed E-state index contributed by atoms with van der Waals surface area (Å²) in [6.07, 6.45) is 7.85. The van der Waals surface area contributed by atoms with Crippen LogP contribution in [-0.2, 0) is 4.74 Å². The molecule has 1 aromatic heterocycles. The molecule has 0 N–H and O–H groups in total. The van der Waals surface area contributed by atoms with Crippen molar-refractivity contribution in [3.63, 3.8) is 0 Å². The largest absolute Gasteiger partial charge is 0.371 e. The first-order chi connectivity index (χ1) is 10.8. The van der Waals surface area contributed by atoms with Crippen molar-refractivity contribution >= 4 is 6.08 Å². The molecule has 0 amide bonds. The average molecular weight is 298 g/mol. The summed E-state index contributed by atoms with van der Waals surface area (Å²) in [6.45, 7) is 3.37. The molecule has 1 aromatic carbocycles. The fourth-order valence-corrected chi connectivity index (χ4v) is 2.55. The van der Waals surface area contributed by atoms with Gasteiger partial charge in [-0.15, -0.1) is 0 Å². The minimum absolute atomic E-state index is 0.0849. The predicted octanol–water partition coefficient (Wildman–Crippen LogP) is 3.31. The van der Waals surface area contributed by atoms with Crippen LogP contribution in [0, 0.1) is 5.82 Å². The Morgan fingerprint density at radius 1 is 1.27 bits per heavy atom. The zero-order chi connectivity index (χ0) is 15.2. The van der Waals surface area contributed by atoms with E-state index in [1.54, 1.807) is 18.3 Å². The van der Waals surface area contributed by atoms with E-state index in [2.05, 4.69) is 22.0 Å². The van der Waals surface area contributed by atoms with Gasteiger partial charge in [0.05, 0.1) is 12.7 Å². The number of halogens is 1. The SMILES string of the molecule is Fc1ccc(/C=C/CN2CCOC(c3cccnc3)C2)cc1. The minimum atomic E-state index is -0.204. The highest BCUT2D eigenvalue weighted by Crippen LogP contribution is 2.21. The fourth-order valence-electron chi connectivity index (χ4n) is 2.55. The molecule has 2 heterocycles. The lowest BCUT2D eigenvalue weighted by Crippen LogP contribution is -2.38. The molecule has 1 fully saturated rings. The normalized spacial score (nSPS) is 19.6. The van der Waals surface area contributed by atoms with Gasteiger partial charge in [-0.1, -0.05) is 30.4 Å². The molecule has 1 aliphatic heterocycles. The Bertz CT molecular complexity index is 613. The quantitative estimate of drug-likeness (QED) is 0.866. The van der Waals surface area contributed by atoms with Crippen molar-refractivity contribution in [1.29, 1.82) is 0 Å². The van der Waals surface area contributed by atoms with Crippen LogP contribution in [0.25, 0.3) is 6.08 Å². The maximum atomic E-state index is 12.9. The summed E-state index contributed by atoms with van der Waals surface area (Å²) in [5.41, 5.74) is 2.13. The maximum absolute atomic E-state index is 12.9. The first-order valence-electron chi connectivity index (χ1n) is 7.47. The lowest BCUT2D eigenvalue weighted by molar-refractivity contribution is -0.0261. The van der Waals surface area contributed by atoms with Crippen molar-refractivity contribution in [1.82, 2.24) is 9.88 Å². The molecule has 1 unspecified atom stereocenters. The van der Waals surface area contributed by atoms with Gasteiger partial charge in [0.1, 0.15) is 5.82 Å². The summed E-state index contributed by atoms with van der Waals surface area (Å²) >= 11 is 0. The fraction of sp³-hybridized carbons (Fsp3) is 0.278. The van der Waals surface area contributed by atoms with E-state index in [1.165, 1.54) is 12.1 Å². The van der Waals surface area contributed by atoms with Crippen molar-refractivity contribution in [2.75, 3.05) is 26.2 Å². The van der Waals surface area contributed by atoms with E-state index in [-0.39, 0.29) is 11.9 Å². The first kappa shape index (κ1) is 14.9. The Morgan fingerprint density at radius 2 is 2.14 bits per heavy atom. The lowest BCUT2D eigenvalue weighted by Gasteiger charge is -2.32. The van der Waals surface area contributed by atoms with Crippen LogP contribution in [0.4, 0.5) is 4.39 Å². The van der Waals surface area contributed by atoms with E-state index >= 15 is 0 Å². The summed E-state index contributed by atoms with van der Waals surface area (Å²) in [7, 11) is 0. The molecule has 1 aliphatic rings. The van der Waals surface area contributed by atoms with Gasteiger partial charge in [-0.2, -0.15) is 0 Å². The third-order valence-electron chi connectivity index (χ3n) is 3.75. The first-order valence-corrected chi connectivity index (χ1v) is 7.47. The van der Waals surface area contributed by atoms with Crippen molar-refractivity contribution < 1.29 is 9.13 Å². The number of aromatic nitrogens is 1. The molecular formula is C18H19FN2O. The highest BCUT2D eigenvalue weighted by Gasteiger charge is 2.21. The molecule has 3 rings (SSSR count). The molecule has 1 saturated heterocycles. The summed E-state index contributed by atoms with van der Waals surface area (Å²) in [5, 5.41) is 0. The van der Waals surface area contributed by atoms with Gasteiger partial charge < -0.3 is 4.74 Å². The van der Waals surface area contributed by atoms with Crippen LogP contribution in [-0.4, -0.2) is 36.1 Å². The predicted molar refractivity (Wildman–Crippen MR) is 84.8 cm³/mol. The van der Waals surface area contributed by atoms with Crippen molar-refractivity contribution in [3.05, 3.63) is 71.8 Å². The Morgan fingerprint density at radius 3 is 2.91 bits per heavy atom. The minimum Gasteiger partial charge on any atom is -0.371 e. The molecule has 0 spiro atoms. The highest BCUT2D eigenvalue weighted by molar-refractivity contribution is 5.48. The molecule has 0 saturated carbocycles. The van der Waals surface area contributed by atoms with Crippen LogP contribution in [0.2, 0.25) is 0 Å². The third kappa shape index (κ3) is 4.00. The van der Waals surface area contributed by atoms with Crippen LogP contribution >= 0.6 is 0 Å². The Kier molecular flexibility index (Phi) is 4.93.